The van der Waals surface area contributed by atoms with E-state index in [0.29, 0.717) is 16.1 Å². The molecule has 2 aromatic rings. The molecule has 21 heavy (non-hydrogen) atoms. The Balaban J connectivity index is 2.46. The number of methoxy groups -OCH3 is 1. The Labute approximate surface area is 128 Å². The van der Waals surface area contributed by atoms with Crippen molar-refractivity contribution in [2.45, 2.75) is 5.60 Å². The number of hydrogen-bond acceptors (Lipinski definition) is 3. The van der Waals surface area contributed by atoms with Gasteiger partial charge in [-0.2, -0.15) is 0 Å². The second-order valence-corrected chi connectivity index (χ2v) is 4.76. The fourth-order valence-corrected chi connectivity index (χ4v) is 1.89. The minimum Gasteiger partial charge on any atom is -0.466 e. The number of carbonyl (C=O) groups is 1. The van der Waals surface area contributed by atoms with Crippen LogP contribution in [0.1, 0.15) is 11.1 Å². The van der Waals surface area contributed by atoms with Gasteiger partial charge in [0.05, 0.1) is 7.11 Å². The van der Waals surface area contributed by atoms with Crippen molar-refractivity contribution in [2.24, 2.45) is 0 Å². The van der Waals surface area contributed by atoms with Crippen LogP contribution < -0.4 is 0 Å². The van der Waals surface area contributed by atoms with Crippen molar-refractivity contribution < 1.29 is 14.6 Å². The first kappa shape index (κ1) is 15.1. The zero-order valence-corrected chi connectivity index (χ0v) is 12.1. The minimum atomic E-state index is -2.03. The van der Waals surface area contributed by atoms with Gasteiger partial charge >= 0.3 is 5.97 Å². The molecule has 4 heteroatoms. The highest BCUT2D eigenvalue weighted by atomic mass is 35.5. The standard InChI is InChI=1S/C17H13ClO3/c1-21-16(19)17(20,14-7-9-15(18)10-8-14)12-11-13-5-3-2-4-6-13/h2-10,20H,1H3/t17-/m1/s1. The van der Waals surface area contributed by atoms with Crippen LogP contribution in [0.4, 0.5) is 0 Å². The number of hydrogen-bond donors (Lipinski definition) is 1. The van der Waals surface area contributed by atoms with Gasteiger partial charge < -0.3 is 9.84 Å². The van der Waals surface area contributed by atoms with Crippen molar-refractivity contribution in [3.8, 4) is 11.8 Å². The molecule has 0 saturated carbocycles. The average Bonchev–Trinajstić information content (AvgIpc) is 2.53. The maximum absolute atomic E-state index is 11.9. The highest BCUT2D eigenvalue weighted by molar-refractivity contribution is 6.30. The van der Waals surface area contributed by atoms with Crippen LogP contribution in [0.25, 0.3) is 0 Å². The molecule has 0 heterocycles. The summed E-state index contributed by atoms with van der Waals surface area (Å²) in [6.45, 7) is 0. The van der Waals surface area contributed by atoms with Crippen molar-refractivity contribution in [3.63, 3.8) is 0 Å². The third kappa shape index (κ3) is 3.43. The van der Waals surface area contributed by atoms with E-state index >= 15 is 0 Å². The van der Waals surface area contributed by atoms with Crippen molar-refractivity contribution >= 4 is 17.6 Å². The fraction of sp³-hybridized carbons (Fsp3) is 0.118. The molecule has 3 nitrogen and oxygen atoms in total. The summed E-state index contributed by atoms with van der Waals surface area (Å²) in [5.74, 6) is 4.53. The summed E-state index contributed by atoms with van der Waals surface area (Å²) in [5, 5.41) is 11.1. The smallest absolute Gasteiger partial charge is 0.355 e. The lowest BCUT2D eigenvalue weighted by atomic mass is 9.94. The van der Waals surface area contributed by atoms with Crippen LogP contribution in [0.2, 0.25) is 5.02 Å². The molecule has 0 spiro atoms. The molecular formula is C17H13ClO3. The monoisotopic (exact) mass is 300 g/mol. The molecule has 106 valence electrons. The Hall–Kier alpha value is -2.28. The molecule has 1 N–H and O–H groups in total. The van der Waals surface area contributed by atoms with Crippen LogP contribution >= 0.6 is 11.6 Å². The first-order valence-corrected chi connectivity index (χ1v) is 6.59. The Morgan fingerprint density at radius 1 is 1.14 bits per heavy atom. The largest absolute Gasteiger partial charge is 0.466 e. The van der Waals surface area contributed by atoms with Crippen LogP contribution in [0.5, 0.6) is 0 Å². The van der Waals surface area contributed by atoms with E-state index in [1.54, 1.807) is 36.4 Å². The quantitative estimate of drug-likeness (QED) is 0.685. The Bertz CT molecular complexity index is 683. The number of aliphatic hydroxyl groups is 1. The fourth-order valence-electron chi connectivity index (χ4n) is 1.76. The molecular weight excluding hydrogens is 288 g/mol. The number of halogens is 1. The molecule has 0 aromatic heterocycles. The molecule has 0 amide bonds. The van der Waals surface area contributed by atoms with Crippen LogP contribution in [-0.2, 0) is 15.1 Å². The highest BCUT2D eigenvalue weighted by Crippen LogP contribution is 2.24. The van der Waals surface area contributed by atoms with Crippen molar-refractivity contribution in [1.82, 2.24) is 0 Å². The van der Waals surface area contributed by atoms with Gasteiger partial charge in [-0.25, -0.2) is 4.79 Å². The molecule has 0 aliphatic carbocycles. The number of carbonyl (C=O) groups excluding carboxylic acids is 1. The van der Waals surface area contributed by atoms with E-state index in [4.69, 9.17) is 11.6 Å². The molecule has 0 saturated heterocycles. The summed E-state index contributed by atoms with van der Waals surface area (Å²) < 4.78 is 4.66. The zero-order chi connectivity index (χ0) is 15.3. The molecule has 0 aliphatic heterocycles. The second-order valence-electron chi connectivity index (χ2n) is 4.32. The van der Waals surface area contributed by atoms with Gasteiger partial charge in [0, 0.05) is 16.1 Å². The lowest BCUT2D eigenvalue weighted by molar-refractivity contribution is -0.157. The topological polar surface area (TPSA) is 46.5 Å². The molecule has 0 aliphatic rings. The van der Waals surface area contributed by atoms with Gasteiger partial charge in [-0.05, 0) is 30.2 Å². The number of esters is 1. The van der Waals surface area contributed by atoms with Crippen LogP contribution in [0, 0.1) is 11.8 Å². The van der Waals surface area contributed by atoms with E-state index in [2.05, 4.69) is 16.6 Å². The van der Waals surface area contributed by atoms with Crippen LogP contribution in [0.3, 0.4) is 0 Å². The van der Waals surface area contributed by atoms with E-state index < -0.39 is 11.6 Å². The predicted octanol–water partition coefficient (Wildman–Crippen LogP) is 2.75. The van der Waals surface area contributed by atoms with Gasteiger partial charge in [-0.15, -0.1) is 0 Å². The van der Waals surface area contributed by atoms with Gasteiger partial charge in [-0.3, -0.25) is 0 Å². The first-order chi connectivity index (χ1) is 10.1. The number of rotatable bonds is 2. The second kappa shape index (κ2) is 6.45. The van der Waals surface area contributed by atoms with E-state index in [1.165, 1.54) is 7.11 Å². The van der Waals surface area contributed by atoms with Crippen LogP contribution in [-0.4, -0.2) is 18.2 Å². The van der Waals surface area contributed by atoms with Crippen molar-refractivity contribution in [2.75, 3.05) is 7.11 Å². The molecule has 0 fully saturated rings. The van der Waals surface area contributed by atoms with E-state index in [1.807, 2.05) is 18.2 Å². The lowest BCUT2D eigenvalue weighted by Gasteiger charge is -2.19. The number of benzene rings is 2. The Kier molecular flexibility index (Phi) is 4.64. The van der Waals surface area contributed by atoms with Crippen molar-refractivity contribution in [3.05, 3.63) is 70.7 Å². The average molecular weight is 301 g/mol. The highest BCUT2D eigenvalue weighted by Gasteiger charge is 2.37. The summed E-state index contributed by atoms with van der Waals surface area (Å²) in [6, 6.07) is 15.3. The van der Waals surface area contributed by atoms with E-state index in [9.17, 15) is 9.90 Å². The predicted molar refractivity (Wildman–Crippen MR) is 80.7 cm³/mol. The maximum Gasteiger partial charge on any atom is 0.355 e. The van der Waals surface area contributed by atoms with E-state index in [0.717, 1.165) is 0 Å². The molecule has 1 atom stereocenters. The van der Waals surface area contributed by atoms with Crippen LogP contribution in [0.15, 0.2) is 54.6 Å². The third-order valence-electron chi connectivity index (χ3n) is 2.90. The summed E-state index contributed by atoms with van der Waals surface area (Å²) in [7, 11) is 1.20. The van der Waals surface area contributed by atoms with Crippen molar-refractivity contribution in [1.29, 1.82) is 0 Å². The number of ether oxygens (including phenoxy) is 1. The summed E-state index contributed by atoms with van der Waals surface area (Å²) in [6.07, 6.45) is 0. The SMILES string of the molecule is COC(=O)[C@@](O)(C#Cc1ccccc1)c1ccc(Cl)cc1. The molecule has 0 unspecified atom stereocenters. The van der Waals surface area contributed by atoms with Gasteiger partial charge in [0.1, 0.15) is 0 Å². The summed E-state index contributed by atoms with van der Waals surface area (Å²) in [4.78, 5) is 11.9. The third-order valence-corrected chi connectivity index (χ3v) is 3.16. The molecule has 0 bridgehead atoms. The maximum atomic E-state index is 11.9. The summed E-state index contributed by atoms with van der Waals surface area (Å²) in [5.41, 5.74) is -1.04. The molecule has 2 aromatic carbocycles. The van der Waals surface area contributed by atoms with Gasteiger partial charge in [0.15, 0.2) is 0 Å². The minimum absolute atomic E-state index is 0.308. The molecule has 2 rings (SSSR count). The first-order valence-electron chi connectivity index (χ1n) is 6.21. The normalized spacial score (nSPS) is 12.7. The van der Waals surface area contributed by atoms with Gasteiger partial charge in [-0.1, -0.05) is 47.9 Å². The Morgan fingerprint density at radius 2 is 1.76 bits per heavy atom. The zero-order valence-electron chi connectivity index (χ0n) is 11.3. The Morgan fingerprint density at radius 3 is 2.33 bits per heavy atom. The van der Waals surface area contributed by atoms with Gasteiger partial charge in [0.2, 0.25) is 0 Å². The summed E-state index contributed by atoms with van der Waals surface area (Å²) >= 11 is 5.81. The van der Waals surface area contributed by atoms with E-state index in [-0.39, 0.29) is 0 Å². The molecule has 0 radical (unpaired) electrons. The van der Waals surface area contributed by atoms with Gasteiger partial charge in [0.25, 0.3) is 5.60 Å². The lowest BCUT2D eigenvalue weighted by Crippen LogP contribution is -2.35.